The molecule has 0 saturated carbocycles. The van der Waals surface area contributed by atoms with Gasteiger partial charge in [-0.2, -0.15) is 0 Å². The average Bonchev–Trinajstić information content (AvgIpc) is 2.48. The zero-order valence-corrected chi connectivity index (χ0v) is 10.9. The van der Waals surface area contributed by atoms with Crippen molar-refractivity contribution < 1.29 is 19.1 Å². The summed E-state index contributed by atoms with van der Waals surface area (Å²) >= 11 is 0. The summed E-state index contributed by atoms with van der Waals surface area (Å²) in [6.45, 7) is 0.679. The first kappa shape index (κ1) is 12.7. The van der Waals surface area contributed by atoms with Crippen molar-refractivity contribution in [3.63, 3.8) is 0 Å². The molecule has 0 amide bonds. The maximum absolute atomic E-state index is 11.9. The lowest BCUT2D eigenvalue weighted by Gasteiger charge is -2.09. The van der Waals surface area contributed by atoms with Crippen molar-refractivity contribution in [2.75, 3.05) is 13.2 Å². The molecule has 2 aromatic carbocycles. The first-order valence-corrected chi connectivity index (χ1v) is 6.62. The quantitative estimate of drug-likeness (QED) is 0.691. The van der Waals surface area contributed by atoms with E-state index in [0.717, 1.165) is 10.8 Å². The lowest BCUT2D eigenvalue weighted by Crippen LogP contribution is -2.10. The first-order chi connectivity index (χ1) is 9.74. The molecule has 2 aliphatic rings. The van der Waals surface area contributed by atoms with Crippen LogP contribution in [0.3, 0.4) is 0 Å². The number of ether oxygens (including phenoxy) is 2. The van der Waals surface area contributed by atoms with E-state index in [1.165, 1.54) is 0 Å². The van der Waals surface area contributed by atoms with Crippen molar-refractivity contribution in [1.29, 1.82) is 0 Å². The summed E-state index contributed by atoms with van der Waals surface area (Å²) in [7, 11) is 0. The van der Waals surface area contributed by atoms with Crippen LogP contribution in [0.5, 0.6) is 0 Å². The zero-order chi connectivity index (χ0) is 13.9. The molecule has 20 heavy (non-hydrogen) atoms. The fourth-order valence-corrected chi connectivity index (χ4v) is 2.20. The second-order valence-electron chi connectivity index (χ2n) is 4.76. The summed E-state index contributed by atoms with van der Waals surface area (Å²) in [5, 5.41) is 1.79. The van der Waals surface area contributed by atoms with Crippen LogP contribution < -0.4 is 0 Å². The van der Waals surface area contributed by atoms with Gasteiger partial charge in [0.1, 0.15) is 0 Å². The number of benzene rings is 2. The summed E-state index contributed by atoms with van der Waals surface area (Å²) in [6, 6.07) is 10.6. The molecule has 102 valence electrons. The van der Waals surface area contributed by atoms with Crippen LogP contribution in [0.4, 0.5) is 0 Å². The molecule has 0 spiro atoms. The van der Waals surface area contributed by atoms with Gasteiger partial charge in [0.15, 0.2) is 0 Å². The molecule has 0 aromatic heterocycles. The number of esters is 2. The van der Waals surface area contributed by atoms with Crippen LogP contribution in [0.25, 0.3) is 10.8 Å². The van der Waals surface area contributed by atoms with Crippen LogP contribution in [0.2, 0.25) is 0 Å². The van der Waals surface area contributed by atoms with Gasteiger partial charge in [0.2, 0.25) is 0 Å². The van der Waals surface area contributed by atoms with Gasteiger partial charge < -0.3 is 9.47 Å². The molecule has 4 nitrogen and oxygen atoms in total. The Morgan fingerprint density at radius 3 is 1.60 bits per heavy atom. The normalized spacial score (nSPS) is 16.2. The second kappa shape index (κ2) is 5.33. The molecule has 0 fully saturated rings. The number of rotatable bonds is 0. The fraction of sp³-hybridized carbons (Fsp3) is 0.250. The van der Waals surface area contributed by atoms with Gasteiger partial charge in [-0.1, -0.05) is 12.1 Å². The Labute approximate surface area is 116 Å². The highest BCUT2D eigenvalue weighted by molar-refractivity contribution is 5.99. The standard InChI is InChI=1S/C16H14O4/c17-15-13-5-3-12-10-14(6-4-11(12)9-13)16(18)20-8-2-1-7-19-15/h3-6,9-10H,1-2,7-8H2. The topological polar surface area (TPSA) is 52.6 Å². The molecule has 2 heterocycles. The highest BCUT2D eigenvalue weighted by Gasteiger charge is 2.12. The molecule has 2 aliphatic heterocycles. The Morgan fingerprint density at radius 1 is 0.700 bits per heavy atom. The third-order valence-electron chi connectivity index (χ3n) is 3.32. The highest BCUT2D eigenvalue weighted by Crippen LogP contribution is 2.19. The van der Waals surface area contributed by atoms with Crippen LogP contribution >= 0.6 is 0 Å². The van der Waals surface area contributed by atoms with Crippen LogP contribution in [0, 0.1) is 0 Å². The van der Waals surface area contributed by atoms with Crippen molar-refractivity contribution in [3.8, 4) is 0 Å². The van der Waals surface area contributed by atoms with Gasteiger partial charge in [-0.25, -0.2) is 9.59 Å². The summed E-state index contributed by atoms with van der Waals surface area (Å²) in [5.41, 5.74) is 1.06. The van der Waals surface area contributed by atoms with E-state index in [2.05, 4.69) is 0 Å². The van der Waals surface area contributed by atoms with Crippen molar-refractivity contribution in [2.24, 2.45) is 0 Å². The van der Waals surface area contributed by atoms with Gasteiger partial charge in [0.05, 0.1) is 24.3 Å². The summed E-state index contributed by atoms with van der Waals surface area (Å²) in [6.07, 6.45) is 1.36. The van der Waals surface area contributed by atoms with E-state index in [-0.39, 0.29) is 11.9 Å². The number of fused-ring (bicyclic) bond motifs is 9. The van der Waals surface area contributed by atoms with Gasteiger partial charge in [-0.05, 0) is 47.9 Å². The molecule has 2 aromatic rings. The van der Waals surface area contributed by atoms with Crippen LogP contribution in [-0.4, -0.2) is 25.2 Å². The third kappa shape index (κ3) is 2.50. The van der Waals surface area contributed by atoms with Crippen LogP contribution in [0.1, 0.15) is 33.6 Å². The maximum atomic E-state index is 11.9. The van der Waals surface area contributed by atoms with E-state index in [4.69, 9.17) is 9.47 Å². The number of carbonyl (C=O) groups excluding carboxylic acids is 2. The minimum atomic E-state index is -0.315. The first-order valence-electron chi connectivity index (χ1n) is 6.62. The number of carbonyl (C=O) groups is 2. The maximum Gasteiger partial charge on any atom is 0.338 e. The van der Waals surface area contributed by atoms with E-state index in [1.807, 2.05) is 12.1 Å². The number of hydrogen-bond acceptors (Lipinski definition) is 4. The van der Waals surface area contributed by atoms with Gasteiger partial charge in [-0.3, -0.25) is 0 Å². The molecule has 0 atom stereocenters. The molecule has 0 saturated heterocycles. The minimum Gasteiger partial charge on any atom is -0.462 e. The molecule has 0 unspecified atom stereocenters. The Balaban J connectivity index is 2.06. The van der Waals surface area contributed by atoms with Crippen molar-refractivity contribution in [3.05, 3.63) is 47.5 Å². The molecule has 4 rings (SSSR count). The molecule has 0 radical (unpaired) electrons. The van der Waals surface area contributed by atoms with Crippen molar-refractivity contribution in [1.82, 2.24) is 0 Å². The minimum absolute atomic E-state index is 0.315. The predicted octanol–water partition coefficient (Wildman–Crippen LogP) is 2.95. The Hall–Kier alpha value is -2.36. The van der Waals surface area contributed by atoms with Crippen molar-refractivity contribution >= 4 is 22.7 Å². The molecule has 0 aliphatic carbocycles. The van der Waals surface area contributed by atoms with Crippen LogP contribution in [0.15, 0.2) is 36.4 Å². The van der Waals surface area contributed by atoms with E-state index < -0.39 is 0 Å². The Kier molecular flexibility index (Phi) is 3.37. The van der Waals surface area contributed by atoms with E-state index in [9.17, 15) is 9.59 Å². The average molecular weight is 270 g/mol. The smallest absolute Gasteiger partial charge is 0.338 e. The second-order valence-corrected chi connectivity index (χ2v) is 4.76. The van der Waals surface area contributed by atoms with Gasteiger partial charge in [0, 0.05) is 0 Å². The fourth-order valence-electron chi connectivity index (χ4n) is 2.20. The molecular weight excluding hydrogens is 256 g/mol. The third-order valence-corrected chi connectivity index (χ3v) is 3.32. The van der Waals surface area contributed by atoms with Gasteiger partial charge >= 0.3 is 11.9 Å². The Bertz CT molecular complexity index is 616. The molecular formula is C16H14O4. The predicted molar refractivity (Wildman–Crippen MR) is 73.7 cm³/mol. The highest BCUT2D eigenvalue weighted by atomic mass is 16.5. The monoisotopic (exact) mass is 270 g/mol. The van der Waals surface area contributed by atoms with Crippen LogP contribution in [-0.2, 0) is 9.47 Å². The zero-order valence-electron chi connectivity index (χ0n) is 10.9. The lowest BCUT2D eigenvalue weighted by molar-refractivity contribution is 0.0432. The molecule has 4 heteroatoms. The largest absolute Gasteiger partial charge is 0.462 e. The van der Waals surface area contributed by atoms with E-state index in [0.29, 0.717) is 37.2 Å². The number of hydrogen-bond donors (Lipinski definition) is 0. The lowest BCUT2D eigenvalue weighted by atomic mass is 10.0. The SMILES string of the molecule is O=C1OCCCCOC(=O)c2ccc3cc1ccc3c2. The summed E-state index contributed by atoms with van der Waals surface area (Å²) in [4.78, 5) is 23.8. The van der Waals surface area contributed by atoms with E-state index >= 15 is 0 Å². The van der Waals surface area contributed by atoms with Gasteiger partial charge in [-0.15, -0.1) is 0 Å². The van der Waals surface area contributed by atoms with Gasteiger partial charge in [0.25, 0.3) is 0 Å². The molecule has 0 N–H and O–H groups in total. The summed E-state index contributed by atoms with van der Waals surface area (Å²) < 4.78 is 10.4. The van der Waals surface area contributed by atoms with E-state index in [1.54, 1.807) is 24.3 Å². The summed E-state index contributed by atoms with van der Waals surface area (Å²) in [5.74, 6) is -0.630. The molecule has 4 bridgehead atoms. The Morgan fingerprint density at radius 2 is 1.15 bits per heavy atom. The van der Waals surface area contributed by atoms with Crippen molar-refractivity contribution in [2.45, 2.75) is 12.8 Å².